The first-order chi connectivity index (χ1) is 14.0. The average molecular weight is 405 g/mol. The summed E-state index contributed by atoms with van der Waals surface area (Å²) >= 11 is 0. The molecule has 7 atom stereocenters. The lowest BCUT2D eigenvalue weighted by atomic mass is 9.47. The Morgan fingerprint density at radius 3 is 2.55 bits per heavy atom. The molecule has 0 radical (unpaired) electrons. The molecule has 4 heteroatoms. The monoisotopic (exact) mass is 404 g/mol. The predicted molar refractivity (Wildman–Crippen MR) is 112 cm³/mol. The van der Waals surface area contributed by atoms with Crippen LogP contribution in [0, 0.1) is 28.6 Å². The van der Waals surface area contributed by atoms with E-state index in [1.165, 1.54) is 18.4 Å². The van der Waals surface area contributed by atoms with Crippen molar-refractivity contribution < 1.29 is 19.7 Å². The summed E-state index contributed by atoms with van der Waals surface area (Å²) in [5, 5.41) is 21.3. The largest absolute Gasteiger partial charge is 0.395 e. The lowest BCUT2D eigenvalue weighted by Crippen LogP contribution is -2.54. The predicted octanol–water partition coefficient (Wildman–Crippen LogP) is 4.58. The van der Waals surface area contributed by atoms with E-state index >= 15 is 0 Å². The molecular formula is C25H40O4. The fourth-order valence-corrected chi connectivity index (χ4v) is 8.38. The van der Waals surface area contributed by atoms with Gasteiger partial charge in [-0.2, -0.15) is 0 Å². The zero-order chi connectivity index (χ0) is 20.3. The Hall–Kier alpha value is -0.420. The van der Waals surface area contributed by atoms with E-state index in [4.69, 9.17) is 9.47 Å². The van der Waals surface area contributed by atoms with Crippen LogP contribution in [0.15, 0.2) is 11.6 Å². The van der Waals surface area contributed by atoms with E-state index in [0.717, 1.165) is 64.2 Å². The molecule has 0 bridgehead atoms. The van der Waals surface area contributed by atoms with Crippen molar-refractivity contribution in [2.45, 2.75) is 102 Å². The van der Waals surface area contributed by atoms with Gasteiger partial charge in [0.2, 0.25) is 0 Å². The van der Waals surface area contributed by atoms with Crippen LogP contribution in [0.1, 0.15) is 84.0 Å². The fraction of sp³-hybridized carbons (Fsp3) is 0.920. The van der Waals surface area contributed by atoms with Crippen LogP contribution >= 0.6 is 0 Å². The number of fused-ring (bicyclic) bond motifs is 5. The Labute approximate surface area is 176 Å². The normalized spacial score (nSPS) is 48.6. The number of aliphatic hydroxyl groups is 2. The highest BCUT2D eigenvalue weighted by Gasteiger charge is 2.59. The van der Waals surface area contributed by atoms with Crippen LogP contribution in [0.25, 0.3) is 0 Å². The van der Waals surface area contributed by atoms with Gasteiger partial charge in [0.05, 0.1) is 18.8 Å². The average Bonchev–Trinajstić information content (AvgIpc) is 3.32. The van der Waals surface area contributed by atoms with E-state index in [0.29, 0.717) is 17.8 Å². The highest BCUT2D eigenvalue weighted by Crippen LogP contribution is 2.65. The van der Waals surface area contributed by atoms with Crippen molar-refractivity contribution in [2.75, 3.05) is 13.7 Å². The minimum atomic E-state index is -0.367. The van der Waals surface area contributed by atoms with Gasteiger partial charge in [-0.3, -0.25) is 0 Å². The van der Waals surface area contributed by atoms with Gasteiger partial charge in [0, 0.05) is 25.4 Å². The van der Waals surface area contributed by atoms with E-state index in [2.05, 4.69) is 13.0 Å². The maximum Gasteiger partial charge on any atom is 0.168 e. The number of hydrogen-bond donors (Lipinski definition) is 2. The molecule has 0 aromatic heterocycles. The minimum absolute atomic E-state index is 0.0481. The molecular weight excluding hydrogens is 364 g/mol. The molecule has 0 aromatic carbocycles. The Bertz CT molecular complexity index is 653. The van der Waals surface area contributed by atoms with Crippen LogP contribution < -0.4 is 0 Å². The first-order valence-corrected chi connectivity index (χ1v) is 12.2. The SMILES string of the molecule is COC1(O[C@H]2CC[C@@]3(CO)C(=CC[C@@H]4[C@@H]3CC[C@]3(C)[C@@H](O)CC[C@@H]43)C2)CCCC1. The zero-order valence-electron chi connectivity index (χ0n) is 18.4. The summed E-state index contributed by atoms with van der Waals surface area (Å²) in [6.07, 6.45) is 15.5. The first-order valence-electron chi connectivity index (χ1n) is 12.2. The zero-order valence-corrected chi connectivity index (χ0v) is 18.4. The third kappa shape index (κ3) is 3.00. The third-order valence-electron chi connectivity index (χ3n) is 10.1. The number of hydrogen-bond acceptors (Lipinski definition) is 4. The summed E-state index contributed by atoms with van der Waals surface area (Å²) in [6.45, 7) is 2.60. The van der Waals surface area contributed by atoms with Crippen LogP contribution in [-0.2, 0) is 9.47 Å². The molecule has 0 aromatic rings. The molecule has 0 aliphatic heterocycles. The maximum absolute atomic E-state index is 10.7. The molecule has 5 aliphatic rings. The molecule has 0 unspecified atom stereocenters. The highest BCUT2D eigenvalue weighted by molar-refractivity contribution is 5.27. The summed E-state index contributed by atoms with van der Waals surface area (Å²) < 4.78 is 12.4. The van der Waals surface area contributed by atoms with E-state index in [1.807, 2.05) is 0 Å². The second kappa shape index (κ2) is 7.32. The molecule has 4 saturated carbocycles. The van der Waals surface area contributed by atoms with Gasteiger partial charge in [-0.1, -0.05) is 18.6 Å². The molecule has 4 fully saturated rings. The lowest BCUT2D eigenvalue weighted by Gasteiger charge is -2.58. The molecule has 5 aliphatic carbocycles. The number of aliphatic hydroxyl groups excluding tert-OH is 2. The summed E-state index contributed by atoms with van der Waals surface area (Å²) in [7, 11) is 1.80. The number of methoxy groups -OCH3 is 1. The molecule has 5 rings (SSSR count). The Kier molecular flexibility index (Phi) is 5.17. The van der Waals surface area contributed by atoms with Crippen molar-refractivity contribution in [1.29, 1.82) is 0 Å². The van der Waals surface area contributed by atoms with E-state index < -0.39 is 0 Å². The molecule has 2 N–H and O–H groups in total. The van der Waals surface area contributed by atoms with E-state index in [1.54, 1.807) is 7.11 Å². The van der Waals surface area contributed by atoms with Crippen molar-refractivity contribution in [3.8, 4) is 0 Å². The van der Waals surface area contributed by atoms with Gasteiger partial charge in [0.1, 0.15) is 0 Å². The second-order valence-corrected chi connectivity index (χ2v) is 11.1. The number of ether oxygens (including phenoxy) is 2. The minimum Gasteiger partial charge on any atom is -0.395 e. The lowest BCUT2D eigenvalue weighted by molar-refractivity contribution is -0.247. The molecule has 164 valence electrons. The van der Waals surface area contributed by atoms with Gasteiger partial charge in [-0.05, 0) is 87.4 Å². The third-order valence-corrected chi connectivity index (χ3v) is 10.1. The van der Waals surface area contributed by atoms with Crippen molar-refractivity contribution in [1.82, 2.24) is 0 Å². The molecule has 0 saturated heterocycles. The smallest absolute Gasteiger partial charge is 0.168 e. The summed E-state index contributed by atoms with van der Waals surface area (Å²) in [6, 6.07) is 0. The van der Waals surface area contributed by atoms with E-state index in [9.17, 15) is 10.2 Å². The fourth-order valence-electron chi connectivity index (χ4n) is 8.38. The summed E-state index contributed by atoms with van der Waals surface area (Å²) in [4.78, 5) is 0. The van der Waals surface area contributed by atoms with Crippen LogP contribution in [0.2, 0.25) is 0 Å². The van der Waals surface area contributed by atoms with Gasteiger partial charge in [0.15, 0.2) is 5.79 Å². The van der Waals surface area contributed by atoms with Crippen LogP contribution in [0.3, 0.4) is 0 Å². The molecule has 29 heavy (non-hydrogen) atoms. The molecule has 4 nitrogen and oxygen atoms in total. The quantitative estimate of drug-likeness (QED) is 0.532. The van der Waals surface area contributed by atoms with Crippen molar-refractivity contribution >= 4 is 0 Å². The number of rotatable bonds is 4. The molecule has 0 spiro atoms. The Balaban J connectivity index is 1.37. The van der Waals surface area contributed by atoms with Gasteiger partial charge < -0.3 is 19.7 Å². The second-order valence-electron chi connectivity index (χ2n) is 11.1. The molecule has 0 amide bonds. The maximum atomic E-state index is 10.7. The van der Waals surface area contributed by atoms with Crippen LogP contribution in [0.4, 0.5) is 0 Å². The standard InChI is InChI=1S/C25H40O4/c1-23-13-10-21-19(20(23)7-8-22(23)27)6-5-17-15-18(9-14-24(17,21)16-26)29-25(28-2)11-3-4-12-25/h5,18-22,26-27H,3-4,6-16H2,1-2H3/t18-,19-,20-,21-,22-,23-,24+/m0/s1. The Morgan fingerprint density at radius 2 is 1.83 bits per heavy atom. The highest BCUT2D eigenvalue weighted by atomic mass is 16.7. The van der Waals surface area contributed by atoms with Crippen LogP contribution in [0.5, 0.6) is 0 Å². The van der Waals surface area contributed by atoms with Crippen LogP contribution in [-0.4, -0.2) is 41.9 Å². The molecule has 0 heterocycles. The van der Waals surface area contributed by atoms with Crippen molar-refractivity contribution in [3.05, 3.63) is 11.6 Å². The topological polar surface area (TPSA) is 58.9 Å². The van der Waals surface area contributed by atoms with Gasteiger partial charge in [0.25, 0.3) is 0 Å². The summed E-state index contributed by atoms with van der Waals surface area (Å²) in [5.41, 5.74) is 1.51. The first kappa shape index (κ1) is 20.5. The van der Waals surface area contributed by atoms with Gasteiger partial charge in [-0.15, -0.1) is 0 Å². The number of allylic oxidation sites excluding steroid dienone is 1. The van der Waals surface area contributed by atoms with Gasteiger partial charge >= 0.3 is 0 Å². The van der Waals surface area contributed by atoms with Gasteiger partial charge in [-0.25, -0.2) is 0 Å². The summed E-state index contributed by atoms with van der Waals surface area (Å²) in [5.74, 6) is 1.44. The van der Waals surface area contributed by atoms with E-state index in [-0.39, 0.29) is 35.4 Å². The Morgan fingerprint density at radius 1 is 1.03 bits per heavy atom. The van der Waals surface area contributed by atoms with Crippen molar-refractivity contribution in [2.24, 2.45) is 28.6 Å². The van der Waals surface area contributed by atoms with Crippen molar-refractivity contribution in [3.63, 3.8) is 0 Å².